The molecule has 0 fully saturated rings. The quantitative estimate of drug-likeness (QED) is 0.760. The van der Waals surface area contributed by atoms with E-state index in [-0.39, 0.29) is 0 Å². The molecule has 1 aromatic heterocycles. The lowest BCUT2D eigenvalue weighted by Gasteiger charge is -2.12. The van der Waals surface area contributed by atoms with Crippen LogP contribution >= 0.6 is 0 Å². The van der Waals surface area contributed by atoms with Gasteiger partial charge in [-0.15, -0.1) is 0 Å². The Kier molecular flexibility index (Phi) is 3.57. The lowest BCUT2D eigenvalue weighted by Crippen LogP contribution is -2.12. The molecular formula is C18H20N2. The Labute approximate surface area is 120 Å². The molecule has 3 rings (SSSR count). The molecule has 0 saturated heterocycles. The molecular weight excluding hydrogens is 244 g/mol. The molecule has 1 N–H and O–H groups in total. The number of fused-ring (bicyclic) bond motifs is 1. The Hall–Kier alpha value is -2.06. The van der Waals surface area contributed by atoms with Gasteiger partial charge in [-0.3, -0.25) is 0 Å². The fourth-order valence-electron chi connectivity index (χ4n) is 2.74. The fourth-order valence-corrected chi connectivity index (χ4v) is 2.74. The first-order valence-corrected chi connectivity index (χ1v) is 7.06. The van der Waals surface area contributed by atoms with E-state index >= 15 is 0 Å². The molecule has 20 heavy (non-hydrogen) atoms. The Morgan fingerprint density at radius 3 is 2.55 bits per heavy atom. The van der Waals surface area contributed by atoms with Crippen LogP contribution in [-0.4, -0.2) is 11.6 Å². The number of para-hydroxylation sites is 1. The zero-order valence-corrected chi connectivity index (χ0v) is 12.1. The average Bonchev–Trinajstić information content (AvgIpc) is 2.80. The van der Waals surface area contributed by atoms with Gasteiger partial charge in [-0.05, 0) is 42.6 Å². The van der Waals surface area contributed by atoms with E-state index in [9.17, 15) is 0 Å². The monoisotopic (exact) mass is 264 g/mol. The number of aromatic nitrogens is 1. The summed E-state index contributed by atoms with van der Waals surface area (Å²) in [5, 5.41) is 4.58. The van der Waals surface area contributed by atoms with E-state index in [1.807, 2.05) is 7.05 Å². The van der Waals surface area contributed by atoms with Gasteiger partial charge < -0.3 is 9.88 Å². The number of rotatable bonds is 4. The third-order valence-electron chi connectivity index (χ3n) is 3.84. The van der Waals surface area contributed by atoms with E-state index in [4.69, 9.17) is 0 Å². The van der Waals surface area contributed by atoms with Crippen molar-refractivity contribution in [3.63, 3.8) is 0 Å². The number of aryl methyl sites for hydroxylation is 1. The third kappa shape index (κ3) is 2.35. The second-order valence-electron chi connectivity index (χ2n) is 5.24. The summed E-state index contributed by atoms with van der Waals surface area (Å²) >= 11 is 0. The van der Waals surface area contributed by atoms with Crippen LogP contribution in [0.4, 0.5) is 0 Å². The summed E-state index contributed by atoms with van der Waals surface area (Å²) in [6.07, 6.45) is 0. The second kappa shape index (κ2) is 5.51. The number of nitrogens with one attached hydrogen (secondary N) is 1. The first-order valence-electron chi connectivity index (χ1n) is 7.06. The van der Waals surface area contributed by atoms with Crippen molar-refractivity contribution in [2.24, 2.45) is 0 Å². The molecule has 0 radical (unpaired) electrons. The summed E-state index contributed by atoms with van der Waals surface area (Å²) in [6, 6.07) is 19.5. The fraction of sp³-hybridized carbons (Fsp3) is 0.222. The van der Waals surface area contributed by atoms with Gasteiger partial charge in [0, 0.05) is 24.3 Å². The highest BCUT2D eigenvalue weighted by atomic mass is 15.0. The van der Waals surface area contributed by atoms with Crippen molar-refractivity contribution in [1.29, 1.82) is 0 Å². The van der Waals surface area contributed by atoms with Crippen molar-refractivity contribution in [2.45, 2.75) is 20.0 Å². The molecule has 0 unspecified atom stereocenters. The van der Waals surface area contributed by atoms with Crippen LogP contribution < -0.4 is 5.32 Å². The molecule has 3 aromatic rings. The lowest BCUT2D eigenvalue weighted by molar-refractivity contribution is 0.707. The van der Waals surface area contributed by atoms with Gasteiger partial charge in [0.1, 0.15) is 0 Å². The van der Waals surface area contributed by atoms with Gasteiger partial charge >= 0.3 is 0 Å². The van der Waals surface area contributed by atoms with Gasteiger partial charge in [0.05, 0.1) is 0 Å². The van der Waals surface area contributed by atoms with Crippen LogP contribution in [0.3, 0.4) is 0 Å². The average molecular weight is 264 g/mol. The summed E-state index contributed by atoms with van der Waals surface area (Å²) in [7, 11) is 2.00. The van der Waals surface area contributed by atoms with Crippen LogP contribution in [0.25, 0.3) is 10.9 Å². The molecule has 0 aliphatic carbocycles. The Bertz CT molecular complexity index is 725. The summed E-state index contributed by atoms with van der Waals surface area (Å²) in [4.78, 5) is 0. The van der Waals surface area contributed by atoms with Gasteiger partial charge in [-0.25, -0.2) is 0 Å². The zero-order chi connectivity index (χ0) is 13.9. The Balaban J connectivity index is 2.09. The maximum atomic E-state index is 3.26. The molecule has 1 heterocycles. The zero-order valence-electron chi connectivity index (χ0n) is 12.1. The number of benzene rings is 2. The largest absolute Gasteiger partial charge is 0.339 e. The smallest absolute Gasteiger partial charge is 0.0486 e. The highest BCUT2D eigenvalue weighted by Crippen LogP contribution is 2.22. The maximum absolute atomic E-state index is 3.26. The molecule has 2 aromatic carbocycles. The summed E-state index contributed by atoms with van der Waals surface area (Å²) in [6.45, 7) is 4.00. The highest BCUT2D eigenvalue weighted by Gasteiger charge is 2.09. The molecule has 0 amide bonds. The molecule has 0 spiro atoms. The van der Waals surface area contributed by atoms with Crippen LogP contribution in [0.5, 0.6) is 0 Å². The van der Waals surface area contributed by atoms with Gasteiger partial charge in [-0.2, -0.15) is 0 Å². The number of nitrogens with zero attached hydrogens (tertiary/aromatic N) is 1. The van der Waals surface area contributed by atoms with E-state index in [2.05, 4.69) is 71.4 Å². The molecule has 0 atom stereocenters. The highest BCUT2D eigenvalue weighted by molar-refractivity contribution is 5.81. The molecule has 2 nitrogen and oxygen atoms in total. The number of hydrogen-bond donors (Lipinski definition) is 1. The topological polar surface area (TPSA) is 17.0 Å². The van der Waals surface area contributed by atoms with Gasteiger partial charge in [-0.1, -0.05) is 42.5 Å². The predicted octanol–water partition coefficient (Wildman–Crippen LogP) is 3.72. The molecule has 2 heteroatoms. The second-order valence-corrected chi connectivity index (χ2v) is 5.24. The molecule has 0 saturated carbocycles. The van der Waals surface area contributed by atoms with E-state index in [0.29, 0.717) is 0 Å². The molecule has 0 bridgehead atoms. The van der Waals surface area contributed by atoms with Crippen molar-refractivity contribution in [3.05, 3.63) is 71.4 Å². The van der Waals surface area contributed by atoms with Crippen molar-refractivity contribution < 1.29 is 0 Å². The summed E-state index contributed by atoms with van der Waals surface area (Å²) in [5.74, 6) is 0. The van der Waals surface area contributed by atoms with E-state index < -0.39 is 0 Å². The van der Waals surface area contributed by atoms with Crippen LogP contribution in [0, 0.1) is 6.92 Å². The Morgan fingerprint density at radius 1 is 1.00 bits per heavy atom. The van der Waals surface area contributed by atoms with Gasteiger partial charge in [0.15, 0.2) is 0 Å². The lowest BCUT2D eigenvalue weighted by atomic mass is 10.1. The van der Waals surface area contributed by atoms with Crippen LogP contribution in [-0.2, 0) is 13.1 Å². The Morgan fingerprint density at radius 2 is 1.75 bits per heavy atom. The first kappa shape index (κ1) is 12.9. The maximum Gasteiger partial charge on any atom is 0.0486 e. The van der Waals surface area contributed by atoms with Crippen molar-refractivity contribution in [3.8, 4) is 0 Å². The molecule has 0 aliphatic rings. The van der Waals surface area contributed by atoms with E-state index in [1.54, 1.807) is 0 Å². The van der Waals surface area contributed by atoms with E-state index in [1.165, 1.54) is 27.7 Å². The van der Waals surface area contributed by atoms with Gasteiger partial charge in [0.25, 0.3) is 0 Å². The predicted molar refractivity (Wildman–Crippen MR) is 85.0 cm³/mol. The third-order valence-corrected chi connectivity index (χ3v) is 3.84. The van der Waals surface area contributed by atoms with Gasteiger partial charge in [0.2, 0.25) is 0 Å². The van der Waals surface area contributed by atoms with E-state index in [0.717, 1.165) is 13.1 Å². The summed E-state index contributed by atoms with van der Waals surface area (Å²) in [5.41, 5.74) is 5.37. The first-order chi connectivity index (χ1) is 9.79. The minimum absolute atomic E-state index is 0.889. The minimum atomic E-state index is 0.889. The molecule has 102 valence electrons. The van der Waals surface area contributed by atoms with Crippen molar-refractivity contribution in [1.82, 2.24) is 9.88 Å². The van der Waals surface area contributed by atoms with Crippen LogP contribution in [0.2, 0.25) is 0 Å². The molecule has 0 aliphatic heterocycles. The SMILES string of the molecule is CNCc1cc2ccccc2n1Cc1ccccc1C. The normalized spacial score (nSPS) is 11.1. The van der Waals surface area contributed by atoms with Crippen molar-refractivity contribution >= 4 is 10.9 Å². The standard InChI is InChI=1S/C18H20N2/c1-14-7-3-4-9-16(14)13-20-17(12-19-2)11-15-8-5-6-10-18(15)20/h3-11,19H,12-13H2,1-2H3. The minimum Gasteiger partial charge on any atom is -0.339 e. The number of hydrogen-bond acceptors (Lipinski definition) is 1. The van der Waals surface area contributed by atoms with Crippen LogP contribution in [0.15, 0.2) is 54.6 Å². The summed E-state index contributed by atoms with van der Waals surface area (Å²) < 4.78 is 2.41. The van der Waals surface area contributed by atoms with Crippen molar-refractivity contribution in [2.75, 3.05) is 7.05 Å². The van der Waals surface area contributed by atoms with Crippen LogP contribution in [0.1, 0.15) is 16.8 Å².